The van der Waals surface area contributed by atoms with Crippen molar-refractivity contribution in [2.24, 2.45) is 5.41 Å². The van der Waals surface area contributed by atoms with E-state index in [1.54, 1.807) is 0 Å². The number of halogens is 1. The minimum atomic E-state index is -0.250. The van der Waals surface area contributed by atoms with Gasteiger partial charge in [0, 0.05) is 44.5 Å². The minimum Gasteiger partial charge on any atom is -0.483 e. The molecule has 0 unspecified atom stereocenters. The Balaban J connectivity index is 0.000000817. The Kier molecular flexibility index (Phi) is 7.59. The highest BCUT2D eigenvalue weighted by atomic mass is 19.1. The van der Waals surface area contributed by atoms with Gasteiger partial charge >= 0.3 is 0 Å². The predicted octanol–water partition coefficient (Wildman–Crippen LogP) is 2.34. The van der Waals surface area contributed by atoms with Crippen molar-refractivity contribution in [3.05, 3.63) is 30.1 Å². The maximum atomic E-state index is 13.0. The first-order valence-corrected chi connectivity index (χ1v) is 9.59. The molecule has 2 heterocycles. The van der Waals surface area contributed by atoms with Crippen LogP contribution in [-0.4, -0.2) is 61.2 Å². The van der Waals surface area contributed by atoms with Crippen molar-refractivity contribution in [2.75, 3.05) is 37.6 Å². The third-order valence-electron chi connectivity index (χ3n) is 5.85. The summed E-state index contributed by atoms with van der Waals surface area (Å²) in [7, 11) is 0. The fraction of sp³-hybridized carbons (Fsp3) is 0.600. The van der Waals surface area contributed by atoms with Crippen molar-refractivity contribution < 1.29 is 19.1 Å². The van der Waals surface area contributed by atoms with Gasteiger partial charge in [-0.25, -0.2) is 4.39 Å². The molecule has 2 aliphatic rings. The van der Waals surface area contributed by atoms with Gasteiger partial charge in [-0.3, -0.25) is 14.5 Å². The number of hydrogen-bond donors (Lipinski definition) is 2. The van der Waals surface area contributed by atoms with Gasteiger partial charge in [0.1, 0.15) is 5.82 Å². The molecule has 0 saturated carbocycles. The molecule has 2 saturated heterocycles. The second-order valence-corrected chi connectivity index (χ2v) is 7.23. The maximum absolute atomic E-state index is 13.0. The van der Waals surface area contributed by atoms with Crippen molar-refractivity contribution in [3.63, 3.8) is 0 Å². The Morgan fingerprint density at radius 3 is 2.22 bits per heavy atom. The fourth-order valence-electron chi connectivity index (χ4n) is 4.08. The molecule has 0 radical (unpaired) electrons. The smallest absolute Gasteiger partial charge is 0.290 e. The lowest BCUT2D eigenvalue weighted by Gasteiger charge is -2.37. The summed E-state index contributed by atoms with van der Waals surface area (Å²) >= 11 is 0. The van der Waals surface area contributed by atoms with E-state index in [0.717, 1.165) is 57.7 Å². The maximum Gasteiger partial charge on any atom is 0.290 e. The first kappa shape index (κ1) is 21.2. The number of benzene rings is 1. The monoisotopic (exact) mass is 379 g/mol. The quantitative estimate of drug-likeness (QED) is 0.769. The van der Waals surface area contributed by atoms with Gasteiger partial charge in [-0.2, -0.15) is 0 Å². The Bertz CT molecular complexity index is 611. The van der Waals surface area contributed by atoms with Crippen LogP contribution in [0.25, 0.3) is 0 Å². The summed E-state index contributed by atoms with van der Waals surface area (Å²) in [5, 5.41) is 10.1. The van der Waals surface area contributed by atoms with E-state index in [-0.39, 0.29) is 29.7 Å². The summed E-state index contributed by atoms with van der Waals surface area (Å²) in [5.41, 5.74) is 0.932. The van der Waals surface area contributed by atoms with Gasteiger partial charge in [-0.05, 0) is 43.5 Å². The highest BCUT2D eigenvalue weighted by Crippen LogP contribution is 2.37. The SMILES string of the molecule is CCC1(CC)C[C@H](CN2CCN(c3ccc(F)cc3)CC2)NC1=O.O=CO. The number of carboxylic acid groups (broad SMARTS) is 1. The van der Waals surface area contributed by atoms with Crippen LogP contribution >= 0.6 is 0 Å². The van der Waals surface area contributed by atoms with E-state index < -0.39 is 0 Å². The number of amides is 1. The molecule has 1 amide bonds. The largest absolute Gasteiger partial charge is 0.483 e. The number of carbonyl (C=O) groups is 2. The summed E-state index contributed by atoms with van der Waals surface area (Å²) < 4.78 is 13.0. The fourth-order valence-corrected chi connectivity index (χ4v) is 4.08. The number of hydrogen-bond acceptors (Lipinski definition) is 4. The molecule has 1 atom stereocenters. The van der Waals surface area contributed by atoms with E-state index in [0.29, 0.717) is 0 Å². The van der Waals surface area contributed by atoms with Crippen molar-refractivity contribution in [1.82, 2.24) is 10.2 Å². The number of anilines is 1. The lowest BCUT2D eigenvalue weighted by atomic mass is 9.79. The highest BCUT2D eigenvalue weighted by Gasteiger charge is 2.44. The molecule has 150 valence electrons. The van der Waals surface area contributed by atoms with Crippen molar-refractivity contribution in [3.8, 4) is 0 Å². The number of piperazine rings is 1. The average Bonchev–Trinajstić information content (AvgIpc) is 2.99. The Morgan fingerprint density at radius 2 is 1.74 bits per heavy atom. The minimum absolute atomic E-state index is 0.152. The van der Waals surface area contributed by atoms with Gasteiger partial charge in [-0.15, -0.1) is 0 Å². The van der Waals surface area contributed by atoms with E-state index in [1.807, 2.05) is 12.1 Å². The molecule has 1 aromatic rings. The lowest BCUT2D eigenvalue weighted by molar-refractivity contribution is -0.128. The molecule has 27 heavy (non-hydrogen) atoms. The van der Waals surface area contributed by atoms with Crippen LogP contribution in [0.2, 0.25) is 0 Å². The van der Waals surface area contributed by atoms with Gasteiger partial charge < -0.3 is 15.3 Å². The number of rotatable bonds is 5. The molecule has 0 spiro atoms. The van der Waals surface area contributed by atoms with Gasteiger partial charge in [0.15, 0.2) is 0 Å². The molecule has 2 fully saturated rings. The van der Waals surface area contributed by atoms with Gasteiger partial charge in [0.25, 0.3) is 6.47 Å². The van der Waals surface area contributed by atoms with Crippen LogP contribution in [0.1, 0.15) is 33.1 Å². The Labute approximate surface area is 160 Å². The van der Waals surface area contributed by atoms with Crippen LogP contribution < -0.4 is 10.2 Å². The van der Waals surface area contributed by atoms with Crippen molar-refractivity contribution in [2.45, 2.75) is 39.2 Å². The highest BCUT2D eigenvalue weighted by molar-refractivity contribution is 5.85. The predicted molar refractivity (Wildman–Crippen MR) is 103 cm³/mol. The third kappa shape index (κ3) is 5.19. The van der Waals surface area contributed by atoms with E-state index in [1.165, 1.54) is 12.1 Å². The van der Waals surface area contributed by atoms with E-state index in [4.69, 9.17) is 9.90 Å². The molecular weight excluding hydrogens is 349 g/mol. The zero-order chi connectivity index (χ0) is 19.9. The molecule has 3 rings (SSSR count). The van der Waals surface area contributed by atoms with Crippen LogP contribution in [0.3, 0.4) is 0 Å². The molecule has 0 bridgehead atoms. The average molecular weight is 379 g/mol. The topological polar surface area (TPSA) is 72.9 Å². The molecule has 2 aliphatic heterocycles. The molecule has 2 N–H and O–H groups in total. The normalized spacial score (nSPS) is 22.0. The van der Waals surface area contributed by atoms with E-state index >= 15 is 0 Å². The summed E-state index contributed by atoms with van der Waals surface area (Å²) in [6.07, 6.45) is 2.80. The molecule has 0 aromatic heterocycles. The van der Waals surface area contributed by atoms with Crippen molar-refractivity contribution >= 4 is 18.1 Å². The molecule has 0 aliphatic carbocycles. The van der Waals surface area contributed by atoms with Crippen LogP contribution in [0, 0.1) is 11.2 Å². The summed E-state index contributed by atoms with van der Waals surface area (Å²) in [6, 6.07) is 7.00. The van der Waals surface area contributed by atoms with Crippen LogP contribution in [-0.2, 0) is 9.59 Å². The van der Waals surface area contributed by atoms with Crippen LogP contribution in [0.15, 0.2) is 24.3 Å². The van der Waals surface area contributed by atoms with Gasteiger partial charge in [0.05, 0.1) is 5.41 Å². The zero-order valence-corrected chi connectivity index (χ0v) is 16.2. The van der Waals surface area contributed by atoms with Crippen molar-refractivity contribution in [1.29, 1.82) is 0 Å². The number of nitrogens with zero attached hydrogens (tertiary/aromatic N) is 2. The van der Waals surface area contributed by atoms with E-state index in [9.17, 15) is 9.18 Å². The first-order valence-electron chi connectivity index (χ1n) is 9.59. The van der Waals surface area contributed by atoms with Gasteiger partial charge in [0.2, 0.25) is 5.91 Å². The second kappa shape index (κ2) is 9.69. The van der Waals surface area contributed by atoms with Crippen LogP contribution in [0.5, 0.6) is 0 Å². The third-order valence-corrected chi connectivity index (χ3v) is 5.85. The standard InChI is InChI=1S/C19H28FN3O.CH2O2/c1-3-19(4-2)13-16(21-18(19)24)14-22-9-11-23(12-10-22)17-7-5-15(20)6-8-17;2-1-3/h5-8,16H,3-4,9-14H2,1-2H3,(H,21,24);1H,(H,2,3)/t16-;/m1./s1. The van der Waals surface area contributed by atoms with E-state index in [2.05, 4.69) is 29.0 Å². The summed E-state index contributed by atoms with van der Waals surface area (Å²) in [6.45, 7) is 8.77. The number of carbonyl (C=O) groups excluding carboxylic acids is 1. The first-order chi connectivity index (χ1) is 13.0. The van der Waals surface area contributed by atoms with Crippen LogP contribution in [0.4, 0.5) is 10.1 Å². The molecule has 7 heteroatoms. The lowest BCUT2D eigenvalue weighted by Crippen LogP contribution is -2.50. The molecular formula is C20H30FN3O3. The molecule has 6 nitrogen and oxygen atoms in total. The van der Waals surface area contributed by atoms with Gasteiger partial charge in [-0.1, -0.05) is 13.8 Å². The number of nitrogens with one attached hydrogen (secondary N) is 1. The molecule has 1 aromatic carbocycles. The Hall–Kier alpha value is -2.15. The summed E-state index contributed by atoms with van der Waals surface area (Å²) in [4.78, 5) is 25.4. The second-order valence-electron chi connectivity index (χ2n) is 7.23. The zero-order valence-electron chi connectivity index (χ0n) is 16.2. The Morgan fingerprint density at radius 1 is 1.19 bits per heavy atom. The summed E-state index contributed by atoms with van der Waals surface area (Å²) in [5.74, 6) is 0.0483.